The standard InChI is InChI=1S/C13H19N5O2S2/c1-22(19,20)16-6-11-7-17(10-13-14-4-5-21-13)9-12-2-3-15-18(12)8-11/h2-5,11,16H,6-10H2,1H3/t11-/m1/s1. The van der Waals surface area contributed by atoms with Crippen LogP contribution < -0.4 is 4.72 Å². The lowest BCUT2D eigenvalue weighted by molar-refractivity contribution is 0.221. The Hall–Kier alpha value is -1.29. The molecule has 0 fully saturated rings. The van der Waals surface area contributed by atoms with Gasteiger partial charge in [0, 0.05) is 49.9 Å². The van der Waals surface area contributed by atoms with E-state index in [1.807, 2.05) is 22.3 Å². The van der Waals surface area contributed by atoms with Crippen LogP contribution in [-0.2, 0) is 29.7 Å². The average Bonchev–Trinajstić information content (AvgIpc) is 3.05. The van der Waals surface area contributed by atoms with E-state index in [9.17, 15) is 8.42 Å². The van der Waals surface area contributed by atoms with Crippen LogP contribution in [0.3, 0.4) is 0 Å². The minimum absolute atomic E-state index is 0.177. The molecule has 1 atom stereocenters. The van der Waals surface area contributed by atoms with Crippen molar-refractivity contribution in [2.45, 2.75) is 19.6 Å². The summed E-state index contributed by atoms with van der Waals surface area (Å²) in [7, 11) is -3.18. The summed E-state index contributed by atoms with van der Waals surface area (Å²) in [4.78, 5) is 6.64. The van der Waals surface area contributed by atoms with Gasteiger partial charge in [-0.25, -0.2) is 18.1 Å². The fraction of sp³-hybridized carbons (Fsp3) is 0.538. The highest BCUT2D eigenvalue weighted by Gasteiger charge is 2.23. The largest absolute Gasteiger partial charge is 0.290 e. The maximum Gasteiger partial charge on any atom is 0.208 e. The lowest BCUT2D eigenvalue weighted by Crippen LogP contribution is -2.36. The number of hydrogen-bond donors (Lipinski definition) is 1. The molecular weight excluding hydrogens is 322 g/mol. The Kier molecular flexibility index (Phi) is 4.57. The van der Waals surface area contributed by atoms with Crippen LogP contribution in [-0.4, -0.2) is 47.4 Å². The van der Waals surface area contributed by atoms with Crippen molar-refractivity contribution in [2.75, 3.05) is 19.3 Å². The van der Waals surface area contributed by atoms with E-state index >= 15 is 0 Å². The molecule has 9 heteroatoms. The van der Waals surface area contributed by atoms with Gasteiger partial charge in [0.2, 0.25) is 10.0 Å². The van der Waals surface area contributed by atoms with Gasteiger partial charge in [0.05, 0.1) is 18.5 Å². The number of rotatable bonds is 5. The Morgan fingerprint density at radius 3 is 3.00 bits per heavy atom. The van der Waals surface area contributed by atoms with Crippen LogP contribution >= 0.6 is 11.3 Å². The molecule has 0 radical (unpaired) electrons. The van der Waals surface area contributed by atoms with E-state index in [0.29, 0.717) is 6.54 Å². The summed E-state index contributed by atoms with van der Waals surface area (Å²) < 4.78 is 27.3. The summed E-state index contributed by atoms with van der Waals surface area (Å²) in [5.41, 5.74) is 1.15. The molecule has 1 aliphatic rings. The third-order valence-corrected chi connectivity index (χ3v) is 5.07. The second kappa shape index (κ2) is 6.45. The van der Waals surface area contributed by atoms with Crippen molar-refractivity contribution in [1.82, 2.24) is 24.4 Å². The minimum atomic E-state index is -3.18. The molecule has 3 rings (SSSR count). The fourth-order valence-corrected chi connectivity index (χ4v) is 3.86. The molecule has 1 aliphatic heterocycles. The van der Waals surface area contributed by atoms with Crippen molar-refractivity contribution in [3.8, 4) is 0 Å². The first-order valence-corrected chi connectivity index (χ1v) is 9.83. The number of nitrogens with one attached hydrogen (secondary N) is 1. The van der Waals surface area contributed by atoms with Crippen LogP contribution in [0, 0.1) is 5.92 Å². The van der Waals surface area contributed by atoms with Crippen molar-refractivity contribution >= 4 is 21.4 Å². The molecule has 1 N–H and O–H groups in total. The second-order valence-electron chi connectivity index (χ2n) is 5.59. The minimum Gasteiger partial charge on any atom is -0.290 e. The van der Waals surface area contributed by atoms with Gasteiger partial charge >= 0.3 is 0 Å². The molecule has 2 aromatic rings. The maximum absolute atomic E-state index is 11.3. The summed E-state index contributed by atoms with van der Waals surface area (Å²) in [6, 6.07) is 2.02. The van der Waals surface area contributed by atoms with Gasteiger partial charge in [0.15, 0.2) is 0 Å². The average molecular weight is 341 g/mol. The maximum atomic E-state index is 11.3. The summed E-state index contributed by atoms with van der Waals surface area (Å²) in [5, 5.41) is 7.39. The van der Waals surface area contributed by atoms with E-state index in [1.165, 1.54) is 6.26 Å². The molecule has 2 aromatic heterocycles. The molecule has 0 unspecified atom stereocenters. The van der Waals surface area contributed by atoms with Gasteiger partial charge in [0.1, 0.15) is 5.01 Å². The Morgan fingerprint density at radius 1 is 1.41 bits per heavy atom. The van der Waals surface area contributed by atoms with Crippen molar-refractivity contribution < 1.29 is 8.42 Å². The van der Waals surface area contributed by atoms with E-state index in [2.05, 4.69) is 19.7 Å². The Labute approximate surface area is 134 Å². The predicted octanol–water partition coefficient (Wildman–Crippen LogP) is 0.521. The molecule has 0 aromatic carbocycles. The zero-order chi connectivity index (χ0) is 15.6. The van der Waals surface area contributed by atoms with Crippen LogP contribution in [0.1, 0.15) is 10.7 Å². The summed E-state index contributed by atoms with van der Waals surface area (Å²) in [6.45, 7) is 3.53. The molecule has 0 saturated heterocycles. The molecule has 120 valence electrons. The topological polar surface area (TPSA) is 80.1 Å². The van der Waals surface area contributed by atoms with Crippen molar-refractivity contribution in [3.05, 3.63) is 34.5 Å². The summed E-state index contributed by atoms with van der Waals surface area (Å²) in [5.74, 6) is 0.177. The number of sulfonamides is 1. The molecule has 7 nitrogen and oxygen atoms in total. The van der Waals surface area contributed by atoms with Gasteiger partial charge in [-0.15, -0.1) is 11.3 Å². The molecule has 3 heterocycles. The van der Waals surface area contributed by atoms with Gasteiger partial charge in [-0.05, 0) is 6.07 Å². The van der Waals surface area contributed by atoms with Crippen molar-refractivity contribution in [3.63, 3.8) is 0 Å². The monoisotopic (exact) mass is 341 g/mol. The molecule has 22 heavy (non-hydrogen) atoms. The van der Waals surface area contributed by atoms with Crippen molar-refractivity contribution in [2.24, 2.45) is 5.92 Å². The van der Waals surface area contributed by atoms with E-state index in [1.54, 1.807) is 17.5 Å². The number of nitrogens with zero attached hydrogens (tertiary/aromatic N) is 4. The Morgan fingerprint density at radius 2 is 2.27 bits per heavy atom. The van der Waals surface area contributed by atoms with Crippen molar-refractivity contribution in [1.29, 1.82) is 0 Å². The van der Waals surface area contributed by atoms with Crippen LogP contribution in [0.5, 0.6) is 0 Å². The van der Waals surface area contributed by atoms with Crippen LogP contribution in [0.15, 0.2) is 23.8 Å². The van der Waals surface area contributed by atoms with E-state index in [4.69, 9.17) is 0 Å². The van der Waals surface area contributed by atoms with Gasteiger partial charge in [-0.3, -0.25) is 9.58 Å². The SMILES string of the molecule is CS(=O)(=O)NC[C@@H]1CN(Cc2nccs2)Cc2ccnn2C1. The fourth-order valence-electron chi connectivity index (χ4n) is 2.66. The third kappa shape index (κ3) is 4.13. The summed E-state index contributed by atoms with van der Waals surface area (Å²) in [6.07, 6.45) is 4.80. The molecule has 0 aliphatic carbocycles. The molecular formula is C13H19N5O2S2. The zero-order valence-electron chi connectivity index (χ0n) is 12.3. The quantitative estimate of drug-likeness (QED) is 0.858. The molecule has 0 amide bonds. The van der Waals surface area contributed by atoms with Gasteiger partial charge in [-0.1, -0.05) is 0 Å². The molecule has 0 bridgehead atoms. The normalized spacial score (nSPS) is 19.8. The first-order valence-electron chi connectivity index (χ1n) is 7.05. The Bertz CT molecular complexity index is 711. The first kappa shape index (κ1) is 15.6. The number of thiazole rings is 1. The smallest absolute Gasteiger partial charge is 0.208 e. The van der Waals surface area contributed by atoms with Crippen LogP contribution in [0.4, 0.5) is 0 Å². The molecule has 0 spiro atoms. The Balaban J connectivity index is 1.74. The van der Waals surface area contributed by atoms with E-state index in [0.717, 1.165) is 36.9 Å². The van der Waals surface area contributed by atoms with Gasteiger partial charge in [0.25, 0.3) is 0 Å². The summed E-state index contributed by atoms with van der Waals surface area (Å²) >= 11 is 1.64. The lowest BCUT2D eigenvalue weighted by atomic mass is 10.1. The van der Waals surface area contributed by atoms with Gasteiger partial charge in [-0.2, -0.15) is 5.10 Å². The molecule has 0 saturated carbocycles. The number of hydrogen-bond acceptors (Lipinski definition) is 6. The third-order valence-electron chi connectivity index (χ3n) is 3.61. The predicted molar refractivity (Wildman–Crippen MR) is 84.8 cm³/mol. The highest BCUT2D eigenvalue weighted by molar-refractivity contribution is 7.88. The van der Waals surface area contributed by atoms with E-state index in [-0.39, 0.29) is 5.92 Å². The highest BCUT2D eigenvalue weighted by atomic mass is 32.2. The number of aromatic nitrogens is 3. The highest BCUT2D eigenvalue weighted by Crippen LogP contribution is 2.18. The van der Waals surface area contributed by atoms with Crippen LogP contribution in [0.25, 0.3) is 0 Å². The van der Waals surface area contributed by atoms with Crippen LogP contribution in [0.2, 0.25) is 0 Å². The first-order chi connectivity index (χ1) is 10.5. The number of fused-ring (bicyclic) bond motifs is 1. The second-order valence-corrected chi connectivity index (χ2v) is 8.40. The zero-order valence-corrected chi connectivity index (χ0v) is 14.0. The van der Waals surface area contributed by atoms with E-state index < -0.39 is 10.0 Å². The lowest BCUT2D eigenvalue weighted by Gasteiger charge is -2.22. The van der Waals surface area contributed by atoms with Gasteiger partial charge < -0.3 is 0 Å².